The van der Waals surface area contributed by atoms with Crippen LogP contribution in [0.4, 0.5) is 5.69 Å². The van der Waals surface area contributed by atoms with Gasteiger partial charge in [-0.3, -0.25) is 0 Å². The van der Waals surface area contributed by atoms with Crippen molar-refractivity contribution in [3.05, 3.63) is 41.5 Å². The van der Waals surface area contributed by atoms with Crippen LogP contribution >= 0.6 is 0 Å². The minimum absolute atomic E-state index is 0.0876. The highest BCUT2D eigenvalue weighted by Crippen LogP contribution is 2.55. The summed E-state index contributed by atoms with van der Waals surface area (Å²) in [5.41, 5.74) is 3.70. The number of ether oxygens (including phenoxy) is 1. The van der Waals surface area contributed by atoms with Gasteiger partial charge in [0, 0.05) is 31.1 Å². The van der Waals surface area contributed by atoms with Crippen molar-refractivity contribution in [3.63, 3.8) is 0 Å². The zero-order chi connectivity index (χ0) is 16.8. The molecule has 2 bridgehead atoms. The molecule has 0 saturated carbocycles. The molecule has 5 atom stereocenters. The molecule has 0 unspecified atom stereocenters. The third-order valence-corrected chi connectivity index (χ3v) is 6.28. The molecule has 1 aliphatic heterocycles. The zero-order valence-corrected chi connectivity index (χ0v) is 14.9. The lowest BCUT2D eigenvalue weighted by Gasteiger charge is -2.55. The van der Waals surface area contributed by atoms with E-state index in [0.717, 1.165) is 0 Å². The van der Waals surface area contributed by atoms with E-state index in [1.54, 1.807) is 0 Å². The van der Waals surface area contributed by atoms with Crippen molar-refractivity contribution in [2.45, 2.75) is 26.9 Å². The molecule has 1 saturated heterocycles. The smallest absolute Gasteiger partial charge is 0.0893 e. The van der Waals surface area contributed by atoms with E-state index in [0.29, 0.717) is 24.4 Å². The Hall–Kier alpha value is -1.32. The normalized spacial score (nSPS) is 36.5. The lowest BCUT2D eigenvalue weighted by molar-refractivity contribution is -0.165. The molecular formula is C20H29NO2. The van der Waals surface area contributed by atoms with Crippen LogP contribution in [0.1, 0.15) is 32.4 Å². The van der Waals surface area contributed by atoms with Gasteiger partial charge in [-0.05, 0) is 36.5 Å². The first-order chi connectivity index (χ1) is 10.9. The van der Waals surface area contributed by atoms with E-state index >= 15 is 0 Å². The zero-order valence-electron chi connectivity index (χ0n) is 14.9. The van der Waals surface area contributed by atoms with Crippen molar-refractivity contribution < 1.29 is 9.84 Å². The van der Waals surface area contributed by atoms with E-state index < -0.39 is 0 Å². The summed E-state index contributed by atoms with van der Waals surface area (Å²) in [5, 5.41) is 10.1. The number of nitrogens with zero attached hydrogens (tertiary/aromatic N) is 1. The molecule has 1 aromatic carbocycles. The number of aliphatic hydroxyl groups excluding tert-OH is 1. The van der Waals surface area contributed by atoms with Crippen molar-refractivity contribution in [1.82, 2.24) is 0 Å². The monoisotopic (exact) mass is 315 g/mol. The molecule has 0 amide bonds. The van der Waals surface area contributed by atoms with Crippen LogP contribution in [0.3, 0.4) is 0 Å². The number of aliphatic hydroxyl groups is 1. The fourth-order valence-electron chi connectivity index (χ4n) is 4.55. The molecule has 0 radical (unpaired) electrons. The number of fused-ring (bicyclic) bond motifs is 2. The summed E-state index contributed by atoms with van der Waals surface area (Å²) in [6, 6.07) is 8.68. The Kier molecular flexibility index (Phi) is 4.28. The van der Waals surface area contributed by atoms with Crippen LogP contribution in [0.25, 0.3) is 0 Å². The highest BCUT2D eigenvalue weighted by molar-refractivity contribution is 5.46. The third kappa shape index (κ3) is 2.50. The summed E-state index contributed by atoms with van der Waals surface area (Å²) in [5.74, 6) is 1.12. The van der Waals surface area contributed by atoms with Crippen LogP contribution in [0.15, 0.2) is 35.9 Å². The molecule has 1 heterocycles. The standard InChI is InChI=1S/C20H29NO2/c1-13-10-14(2)20(11-22)12-23-19(18(13)15(20)3)16-6-8-17(9-7-16)21(4)5/h6-10,14-15,18-19,22H,11-12H2,1-5H3/t14-,15-,18+,19-,20+/m0/s1. The number of benzene rings is 1. The minimum atomic E-state index is -0.135. The second-order valence-electron chi connectivity index (χ2n) is 7.62. The molecule has 1 fully saturated rings. The van der Waals surface area contributed by atoms with Gasteiger partial charge in [0.2, 0.25) is 0 Å². The summed E-state index contributed by atoms with van der Waals surface area (Å²) < 4.78 is 6.32. The van der Waals surface area contributed by atoms with E-state index in [1.165, 1.54) is 16.8 Å². The topological polar surface area (TPSA) is 32.7 Å². The molecule has 2 aliphatic rings. The molecule has 3 heteroatoms. The maximum Gasteiger partial charge on any atom is 0.0893 e. The predicted octanol–water partition coefficient (Wildman–Crippen LogP) is 3.65. The van der Waals surface area contributed by atoms with Gasteiger partial charge >= 0.3 is 0 Å². The minimum Gasteiger partial charge on any atom is -0.396 e. The molecular weight excluding hydrogens is 286 g/mol. The molecule has 126 valence electrons. The van der Waals surface area contributed by atoms with Crippen molar-refractivity contribution in [1.29, 1.82) is 0 Å². The lowest BCUT2D eigenvalue weighted by atomic mass is 9.56. The van der Waals surface area contributed by atoms with Crippen LogP contribution in [-0.4, -0.2) is 32.4 Å². The molecule has 1 aliphatic carbocycles. The first-order valence-corrected chi connectivity index (χ1v) is 8.59. The van der Waals surface area contributed by atoms with Gasteiger partial charge in [-0.25, -0.2) is 0 Å². The van der Waals surface area contributed by atoms with Gasteiger partial charge in [0.25, 0.3) is 0 Å². The van der Waals surface area contributed by atoms with Crippen molar-refractivity contribution >= 4 is 5.69 Å². The highest BCUT2D eigenvalue weighted by Gasteiger charge is 2.53. The molecule has 1 N–H and O–H groups in total. The second kappa shape index (κ2) is 5.95. The Labute approximate surface area is 140 Å². The molecule has 1 aromatic rings. The lowest BCUT2D eigenvalue weighted by Crippen LogP contribution is -2.53. The maximum absolute atomic E-state index is 10.1. The summed E-state index contributed by atoms with van der Waals surface area (Å²) in [6.45, 7) is 7.54. The van der Waals surface area contributed by atoms with Crippen LogP contribution in [0.5, 0.6) is 0 Å². The van der Waals surface area contributed by atoms with Gasteiger partial charge in [-0.2, -0.15) is 0 Å². The first-order valence-electron chi connectivity index (χ1n) is 8.59. The highest BCUT2D eigenvalue weighted by atomic mass is 16.5. The van der Waals surface area contributed by atoms with Gasteiger partial charge in [0.15, 0.2) is 0 Å². The van der Waals surface area contributed by atoms with E-state index in [4.69, 9.17) is 4.74 Å². The Morgan fingerprint density at radius 2 is 1.87 bits per heavy atom. The fraction of sp³-hybridized carbons (Fsp3) is 0.600. The van der Waals surface area contributed by atoms with Gasteiger partial charge in [0.1, 0.15) is 0 Å². The Morgan fingerprint density at radius 3 is 2.43 bits per heavy atom. The van der Waals surface area contributed by atoms with Crippen LogP contribution in [-0.2, 0) is 4.74 Å². The van der Waals surface area contributed by atoms with Crippen molar-refractivity contribution in [2.75, 3.05) is 32.2 Å². The van der Waals surface area contributed by atoms with Crippen molar-refractivity contribution in [2.24, 2.45) is 23.2 Å². The number of rotatable bonds is 3. The molecule has 23 heavy (non-hydrogen) atoms. The second-order valence-corrected chi connectivity index (χ2v) is 7.62. The van der Waals surface area contributed by atoms with E-state index in [-0.39, 0.29) is 18.1 Å². The number of hydrogen-bond acceptors (Lipinski definition) is 3. The quantitative estimate of drug-likeness (QED) is 0.864. The molecule has 0 aromatic heterocycles. The largest absolute Gasteiger partial charge is 0.396 e. The van der Waals surface area contributed by atoms with Crippen LogP contribution in [0.2, 0.25) is 0 Å². The van der Waals surface area contributed by atoms with E-state index in [9.17, 15) is 5.11 Å². The maximum atomic E-state index is 10.1. The van der Waals surface area contributed by atoms with Crippen LogP contribution < -0.4 is 4.90 Å². The first kappa shape index (κ1) is 16.5. The number of allylic oxidation sites excluding steroid dienone is 1. The van der Waals surface area contributed by atoms with Gasteiger partial charge < -0.3 is 14.7 Å². The van der Waals surface area contributed by atoms with Gasteiger partial charge in [0.05, 0.1) is 19.3 Å². The third-order valence-electron chi connectivity index (χ3n) is 6.28. The summed E-state index contributed by atoms with van der Waals surface area (Å²) in [4.78, 5) is 2.11. The average molecular weight is 315 g/mol. The van der Waals surface area contributed by atoms with E-state index in [1.807, 2.05) is 0 Å². The molecule has 0 spiro atoms. The summed E-state index contributed by atoms with van der Waals surface area (Å²) in [6.07, 6.45) is 2.44. The number of hydrogen-bond donors (Lipinski definition) is 1. The van der Waals surface area contributed by atoms with Crippen molar-refractivity contribution in [3.8, 4) is 0 Å². The Morgan fingerprint density at radius 1 is 1.22 bits per heavy atom. The summed E-state index contributed by atoms with van der Waals surface area (Å²) >= 11 is 0. The predicted molar refractivity (Wildman–Crippen MR) is 94.6 cm³/mol. The van der Waals surface area contributed by atoms with Gasteiger partial charge in [-0.1, -0.05) is 37.6 Å². The Bertz CT molecular complexity index is 592. The summed E-state index contributed by atoms with van der Waals surface area (Å²) in [7, 11) is 4.11. The van der Waals surface area contributed by atoms with Gasteiger partial charge in [-0.15, -0.1) is 0 Å². The average Bonchev–Trinajstić information content (AvgIpc) is 2.53. The Balaban J connectivity index is 1.95. The molecule has 3 rings (SSSR count). The molecule has 3 nitrogen and oxygen atoms in total. The van der Waals surface area contributed by atoms with E-state index in [2.05, 4.69) is 70.1 Å². The number of anilines is 1. The fourth-order valence-corrected chi connectivity index (χ4v) is 4.55. The SMILES string of the molecule is CC1=C[C@H](C)[C@@]2(CO)CO[C@@H](c3ccc(N(C)C)cc3)[C@H]1[C@@H]2C. The van der Waals surface area contributed by atoms with Crippen LogP contribution in [0, 0.1) is 23.2 Å².